The van der Waals surface area contributed by atoms with E-state index in [4.69, 9.17) is 17.0 Å². The van der Waals surface area contributed by atoms with Crippen LogP contribution in [0.15, 0.2) is 18.2 Å². The zero-order chi connectivity index (χ0) is 18.2. The highest BCUT2D eigenvalue weighted by Gasteiger charge is 2.34. The minimum absolute atomic E-state index is 0.0830. The van der Waals surface area contributed by atoms with Crippen LogP contribution in [0.3, 0.4) is 0 Å². The Morgan fingerprint density at radius 3 is 2.92 bits per heavy atom. The molecule has 0 saturated carbocycles. The van der Waals surface area contributed by atoms with Crippen LogP contribution in [0.5, 0.6) is 0 Å². The van der Waals surface area contributed by atoms with Gasteiger partial charge < -0.3 is 10.1 Å². The normalized spacial score (nSPS) is 26.4. The maximum atomic E-state index is 14.5. The number of nitrogens with zero attached hydrogens (tertiary/aromatic N) is 1. The van der Waals surface area contributed by atoms with Gasteiger partial charge in [-0.3, -0.25) is 14.0 Å². The number of cyclic esters (lactones) is 1. The van der Waals surface area contributed by atoms with E-state index in [0.717, 1.165) is 0 Å². The van der Waals surface area contributed by atoms with Gasteiger partial charge in [0, 0.05) is 12.5 Å². The number of nitrogens with one attached hydrogen (secondary N) is 2. The van der Waals surface area contributed by atoms with Crippen LogP contribution < -0.4 is 14.9 Å². The van der Waals surface area contributed by atoms with Gasteiger partial charge in [0.05, 0.1) is 29.5 Å². The molecule has 1 amide bonds. The summed E-state index contributed by atoms with van der Waals surface area (Å²) < 4.78 is 41.6. The van der Waals surface area contributed by atoms with Crippen LogP contribution in [0.2, 0.25) is 0 Å². The van der Waals surface area contributed by atoms with Crippen molar-refractivity contribution in [3.63, 3.8) is 0 Å². The first kappa shape index (κ1) is 18.3. The number of carbonyl (C=O) groups excluding carboxylic acids is 1. The Hall–Kier alpha value is -1.46. The number of ether oxygens (including phenoxy) is 1. The molecule has 4 N–H and O–H groups in total. The lowest BCUT2D eigenvalue weighted by Crippen LogP contribution is -2.32. The lowest BCUT2D eigenvalue weighted by Gasteiger charge is -2.26. The van der Waals surface area contributed by atoms with Crippen LogP contribution in [-0.2, 0) is 4.74 Å². The van der Waals surface area contributed by atoms with E-state index in [1.807, 2.05) is 0 Å². The molecule has 0 radical (unpaired) electrons. The van der Waals surface area contributed by atoms with Crippen LogP contribution in [0, 0.1) is 5.82 Å². The number of amides is 1. The molecule has 0 aromatic heterocycles. The van der Waals surface area contributed by atoms with Crippen LogP contribution in [0.1, 0.15) is 18.4 Å². The number of benzene rings is 1. The monoisotopic (exact) mass is 389 g/mol. The summed E-state index contributed by atoms with van der Waals surface area (Å²) >= 11 is 4.93. The lowest BCUT2D eigenvalue weighted by molar-refractivity contribution is 0.143. The van der Waals surface area contributed by atoms with Gasteiger partial charge in [0.2, 0.25) is 0 Å². The molecule has 7 nitrogen and oxygen atoms in total. The van der Waals surface area contributed by atoms with Crippen molar-refractivity contribution in [3.05, 3.63) is 29.6 Å². The first-order valence-electron chi connectivity index (χ1n) is 7.78. The first-order valence-corrected chi connectivity index (χ1v) is 9.90. The second-order valence-corrected chi connectivity index (χ2v) is 8.71. The average Bonchev–Trinajstić information content (AvgIpc) is 3.07. The van der Waals surface area contributed by atoms with Gasteiger partial charge in [-0.15, -0.1) is 10.8 Å². The Bertz CT molecular complexity index is 703. The fourth-order valence-electron chi connectivity index (χ4n) is 2.94. The van der Waals surface area contributed by atoms with Gasteiger partial charge in [-0.25, -0.2) is 13.9 Å². The van der Waals surface area contributed by atoms with Crippen LogP contribution in [0.25, 0.3) is 0 Å². The maximum Gasteiger partial charge on any atom is 0.414 e. The molecule has 10 heteroatoms. The van der Waals surface area contributed by atoms with Crippen molar-refractivity contribution in [3.8, 4) is 0 Å². The minimum Gasteiger partial charge on any atom is -0.442 e. The minimum atomic E-state index is -2.83. The Balaban J connectivity index is 1.70. The summed E-state index contributed by atoms with van der Waals surface area (Å²) in [7, 11) is -2.83. The fraction of sp³-hybridized carbons (Fsp3) is 0.467. The van der Waals surface area contributed by atoms with E-state index in [-0.39, 0.29) is 17.8 Å². The van der Waals surface area contributed by atoms with E-state index in [2.05, 4.69) is 10.0 Å². The third-order valence-electron chi connectivity index (χ3n) is 4.18. The third kappa shape index (κ3) is 4.21. The van der Waals surface area contributed by atoms with Crippen molar-refractivity contribution in [2.24, 2.45) is 0 Å². The zero-order valence-electron chi connectivity index (χ0n) is 13.6. The van der Waals surface area contributed by atoms with Gasteiger partial charge in [0.15, 0.2) is 0 Å². The Morgan fingerprint density at radius 1 is 1.56 bits per heavy atom. The van der Waals surface area contributed by atoms with Crippen molar-refractivity contribution < 1.29 is 23.0 Å². The molecule has 138 valence electrons. The lowest BCUT2D eigenvalue weighted by atomic mass is 10.00. The molecule has 1 aromatic rings. The van der Waals surface area contributed by atoms with E-state index in [1.165, 1.54) is 11.0 Å². The molecule has 0 aliphatic carbocycles. The number of rotatable bonds is 4. The Morgan fingerprint density at radius 2 is 2.32 bits per heavy atom. The molecule has 1 aromatic carbocycles. The molecule has 2 heterocycles. The predicted octanol–water partition coefficient (Wildman–Crippen LogP) is 2.44. The standard InChI is InChI=1S/C15H20FN3O4S2/c1-9(24)17-6-12-7-19(15(20)23-12)11-2-3-13(14(16)4-11)10-5-18-25(21,22)8-10/h2-4,10,12,18,21-22H,5-8H2,1H3,(H,17,24). The van der Waals surface area contributed by atoms with Gasteiger partial charge in [-0.1, -0.05) is 18.3 Å². The number of thiocarbonyl (C=S) groups is 1. The molecule has 2 aliphatic rings. The second kappa shape index (κ2) is 7.04. The smallest absolute Gasteiger partial charge is 0.414 e. The molecule has 2 saturated heterocycles. The summed E-state index contributed by atoms with van der Waals surface area (Å²) in [6.45, 7) is 2.75. The number of halogens is 1. The topological polar surface area (TPSA) is 94.1 Å². The van der Waals surface area contributed by atoms with E-state index in [9.17, 15) is 18.3 Å². The number of hydrogen-bond donors (Lipinski definition) is 4. The quantitative estimate of drug-likeness (QED) is 0.588. The Labute approximate surface area is 152 Å². The largest absolute Gasteiger partial charge is 0.442 e. The second-order valence-electron chi connectivity index (χ2n) is 6.14. The molecular weight excluding hydrogens is 369 g/mol. The molecule has 2 aliphatic heterocycles. The van der Waals surface area contributed by atoms with E-state index in [1.54, 1.807) is 19.1 Å². The van der Waals surface area contributed by atoms with Crippen molar-refractivity contribution in [1.82, 2.24) is 10.0 Å². The SMILES string of the molecule is CC(=S)NCC1CN(c2ccc(C3CNS(O)(O)C3)c(F)c2)C(=O)O1. The van der Waals surface area contributed by atoms with Gasteiger partial charge in [0.25, 0.3) is 0 Å². The van der Waals surface area contributed by atoms with Gasteiger partial charge in [-0.2, -0.15) is 0 Å². The van der Waals surface area contributed by atoms with Crippen molar-refractivity contribution in [2.45, 2.75) is 18.9 Å². The van der Waals surface area contributed by atoms with E-state index < -0.39 is 22.7 Å². The van der Waals surface area contributed by atoms with Gasteiger partial charge in [0.1, 0.15) is 11.9 Å². The highest BCUT2D eigenvalue weighted by molar-refractivity contribution is 8.22. The molecule has 3 rings (SSSR count). The summed E-state index contributed by atoms with van der Waals surface area (Å²) in [6.07, 6.45) is -0.891. The maximum absolute atomic E-state index is 14.5. The highest BCUT2D eigenvalue weighted by atomic mass is 32.3. The summed E-state index contributed by atoms with van der Waals surface area (Å²) in [4.78, 5) is 14.0. The fourth-order valence-corrected chi connectivity index (χ4v) is 4.47. The first-order chi connectivity index (χ1) is 11.7. The summed E-state index contributed by atoms with van der Waals surface area (Å²) in [6, 6.07) is 4.50. The number of carbonyl (C=O) groups is 1. The van der Waals surface area contributed by atoms with E-state index >= 15 is 0 Å². The van der Waals surface area contributed by atoms with Crippen LogP contribution in [0.4, 0.5) is 14.9 Å². The summed E-state index contributed by atoms with van der Waals surface area (Å²) in [5, 5.41) is 2.95. The predicted molar refractivity (Wildman–Crippen MR) is 98.7 cm³/mol. The molecule has 0 spiro atoms. The molecule has 0 bridgehead atoms. The molecule has 2 fully saturated rings. The molecule has 2 atom stereocenters. The number of anilines is 1. The third-order valence-corrected chi connectivity index (χ3v) is 5.82. The summed E-state index contributed by atoms with van der Waals surface area (Å²) in [5.41, 5.74) is 0.807. The highest BCUT2D eigenvalue weighted by Crippen LogP contribution is 2.45. The molecule has 2 unspecified atom stereocenters. The average molecular weight is 389 g/mol. The van der Waals surface area contributed by atoms with Crippen molar-refractivity contribution in [2.75, 3.05) is 30.3 Å². The Kier molecular flexibility index (Phi) is 5.16. The van der Waals surface area contributed by atoms with E-state index in [0.29, 0.717) is 35.9 Å². The molecule has 25 heavy (non-hydrogen) atoms. The van der Waals surface area contributed by atoms with Crippen LogP contribution in [-0.4, -0.2) is 51.7 Å². The zero-order valence-corrected chi connectivity index (χ0v) is 15.2. The number of hydrogen-bond acceptors (Lipinski definition) is 6. The van der Waals surface area contributed by atoms with Gasteiger partial charge >= 0.3 is 6.09 Å². The van der Waals surface area contributed by atoms with Crippen molar-refractivity contribution >= 4 is 39.8 Å². The van der Waals surface area contributed by atoms with Crippen LogP contribution >= 0.6 is 23.0 Å². The van der Waals surface area contributed by atoms with Gasteiger partial charge in [-0.05, 0) is 24.6 Å². The summed E-state index contributed by atoms with van der Waals surface area (Å²) in [5.74, 6) is -0.711. The molecular formula is C15H20FN3O4S2. The van der Waals surface area contributed by atoms with Crippen molar-refractivity contribution in [1.29, 1.82) is 0 Å².